The summed E-state index contributed by atoms with van der Waals surface area (Å²) in [6.07, 6.45) is 5.91. The molecule has 0 saturated carbocycles. The summed E-state index contributed by atoms with van der Waals surface area (Å²) in [5.41, 5.74) is 4.20. The lowest BCUT2D eigenvalue weighted by Crippen LogP contribution is -2.42. The van der Waals surface area contributed by atoms with E-state index in [0.717, 1.165) is 22.2 Å². The van der Waals surface area contributed by atoms with E-state index in [2.05, 4.69) is 16.9 Å². The molecule has 0 bridgehead atoms. The van der Waals surface area contributed by atoms with Crippen LogP contribution < -0.4 is 10.1 Å². The van der Waals surface area contributed by atoms with Crippen molar-refractivity contribution in [1.29, 1.82) is 0 Å². The van der Waals surface area contributed by atoms with Gasteiger partial charge in [0.05, 0.1) is 0 Å². The Balaban J connectivity index is 1.69. The number of ether oxygens (including phenoxy) is 1. The van der Waals surface area contributed by atoms with Gasteiger partial charge in [-0.1, -0.05) is 48.9 Å². The van der Waals surface area contributed by atoms with Crippen LogP contribution in [0, 0.1) is 0 Å². The largest absolute Gasteiger partial charge is 0.416 e. The first-order valence-electron chi connectivity index (χ1n) is 11.7. The first-order chi connectivity index (χ1) is 17.3. The van der Waals surface area contributed by atoms with Crippen LogP contribution in [0.3, 0.4) is 0 Å². The maximum Gasteiger partial charge on any atom is 0.416 e. The molecule has 0 spiro atoms. The first-order valence-corrected chi connectivity index (χ1v) is 12.4. The normalized spacial score (nSPS) is 15.7. The second-order valence-corrected chi connectivity index (χ2v) is 9.30. The van der Waals surface area contributed by atoms with E-state index < -0.39 is 12.1 Å². The molecule has 2 aromatic carbocycles. The number of carbonyl (C=O) groups excluding carboxylic acids is 2. The number of halogens is 2. The second kappa shape index (κ2) is 11.1. The summed E-state index contributed by atoms with van der Waals surface area (Å²) in [5, 5.41) is 5.07. The number of hydrogen-bond donors (Lipinski definition) is 2. The Morgan fingerprint density at radius 3 is 2.58 bits per heavy atom. The summed E-state index contributed by atoms with van der Waals surface area (Å²) >= 11 is 12.2. The lowest BCUT2D eigenvalue weighted by atomic mass is 9.93. The Kier molecular flexibility index (Phi) is 7.87. The molecule has 1 unspecified atom stereocenters. The maximum atomic E-state index is 13.3. The summed E-state index contributed by atoms with van der Waals surface area (Å²) < 4.78 is 5.67. The number of carbonyl (C=O) groups is 2. The fourth-order valence-electron chi connectivity index (χ4n) is 4.25. The molecule has 0 saturated heterocycles. The summed E-state index contributed by atoms with van der Waals surface area (Å²) in [7, 11) is 0. The quantitative estimate of drug-likeness (QED) is 0.338. The molecule has 1 atom stereocenters. The fourth-order valence-corrected chi connectivity index (χ4v) is 4.55. The molecule has 186 valence electrons. The van der Waals surface area contributed by atoms with Crippen LogP contribution in [0.1, 0.15) is 37.6 Å². The summed E-state index contributed by atoms with van der Waals surface area (Å²) in [6.45, 7) is 8.35. The highest BCUT2D eigenvalue weighted by Crippen LogP contribution is 2.39. The van der Waals surface area contributed by atoms with Crippen molar-refractivity contribution in [3.8, 4) is 5.75 Å². The van der Waals surface area contributed by atoms with E-state index in [-0.39, 0.29) is 5.91 Å². The van der Waals surface area contributed by atoms with E-state index in [1.807, 2.05) is 31.2 Å². The standard InChI is InChI=1S/C28H27Cl2N3O3/c1-4-20(31-25(34)5-2)10-6-17(3)27-26-22(23-16-19(30)9-13-24(23)32-26)14-15-33(27)28(35)36-21-11-7-18(29)8-12-21/h4,6-13,16,27,32H,3,5,14-15H2,1-2H3,(H,31,34)/b10-6-,20-4+. The van der Waals surface area contributed by atoms with E-state index in [9.17, 15) is 9.59 Å². The van der Waals surface area contributed by atoms with Gasteiger partial charge in [-0.05, 0) is 73.0 Å². The number of fused-ring (bicyclic) bond motifs is 3. The predicted molar refractivity (Wildman–Crippen MR) is 144 cm³/mol. The molecule has 3 aromatic rings. The van der Waals surface area contributed by atoms with Crippen molar-refractivity contribution >= 4 is 46.1 Å². The molecule has 0 aliphatic carbocycles. The van der Waals surface area contributed by atoms with E-state index in [0.29, 0.717) is 46.5 Å². The smallest absolute Gasteiger partial charge is 0.410 e. The zero-order chi connectivity index (χ0) is 25.8. The van der Waals surface area contributed by atoms with Crippen LogP contribution in [0.15, 0.2) is 78.5 Å². The third-order valence-corrected chi connectivity index (χ3v) is 6.57. The Bertz CT molecular complexity index is 1370. The molecule has 4 rings (SSSR count). The number of H-pyrrole nitrogens is 1. The third-order valence-electron chi connectivity index (χ3n) is 6.09. The van der Waals surface area contributed by atoms with E-state index >= 15 is 0 Å². The van der Waals surface area contributed by atoms with Crippen molar-refractivity contribution in [3.05, 3.63) is 99.8 Å². The average Bonchev–Trinajstić information content (AvgIpc) is 3.24. The minimum absolute atomic E-state index is 0.0843. The molecular weight excluding hydrogens is 497 g/mol. The van der Waals surface area contributed by atoms with E-state index in [1.165, 1.54) is 0 Å². The lowest BCUT2D eigenvalue weighted by Gasteiger charge is -2.35. The molecule has 2 amide bonds. The molecule has 2 heterocycles. The minimum atomic E-state index is -0.504. The number of nitrogens with one attached hydrogen (secondary N) is 2. The van der Waals surface area contributed by atoms with Gasteiger partial charge in [0.2, 0.25) is 5.91 Å². The molecule has 0 fully saturated rings. The highest BCUT2D eigenvalue weighted by molar-refractivity contribution is 6.31. The second-order valence-electron chi connectivity index (χ2n) is 8.43. The van der Waals surface area contributed by atoms with Gasteiger partial charge in [0.15, 0.2) is 0 Å². The molecule has 1 aliphatic rings. The summed E-state index contributed by atoms with van der Waals surface area (Å²) in [6, 6.07) is 11.8. The topological polar surface area (TPSA) is 74.4 Å². The molecule has 36 heavy (non-hydrogen) atoms. The lowest BCUT2D eigenvalue weighted by molar-refractivity contribution is -0.120. The van der Waals surface area contributed by atoms with E-state index in [1.54, 1.807) is 48.2 Å². The van der Waals surface area contributed by atoms with Crippen LogP contribution in [0.5, 0.6) is 5.75 Å². The van der Waals surface area contributed by atoms with Gasteiger partial charge in [0.1, 0.15) is 11.8 Å². The Morgan fingerprint density at radius 1 is 1.17 bits per heavy atom. The molecule has 8 heteroatoms. The third kappa shape index (κ3) is 5.50. The van der Waals surface area contributed by atoms with Crippen molar-refractivity contribution in [2.75, 3.05) is 6.54 Å². The van der Waals surface area contributed by atoms with Gasteiger partial charge in [-0.3, -0.25) is 9.69 Å². The van der Waals surface area contributed by atoms with Gasteiger partial charge in [0.25, 0.3) is 0 Å². The number of aromatic nitrogens is 1. The Labute approximate surface area is 220 Å². The number of amides is 2. The minimum Gasteiger partial charge on any atom is -0.410 e. The number of nitrogens with zero attached hydrogens (tertiary/aromatic N) is 1. The number of benzene rings is 2. The van der Waals surface area contributed by atoms with Gasteiger partial charge >= 0.3 is 6.09 Å². The van der Waals surface area contributed by atoms with Crippen molar-refractivity contribution in [2.45, 2.75) is 32.7 Å². The molecule has 0 radical (unpaired) electrons. The molecule has 2 N–H and O–H groups in total. The van der Waals surface area contributed by atoms with Crippen molar-refractivity contribution in [3.63, 3.8) is 0 Å². The highest BCUT2D eigenvalue weighted by Gasteiger charge is 2.35. The van der Waals surface area contributed by atoms with Crippen molar-refractivity contribution < 1.29 is 14.3 Å². The molecule has 1 aromatic heterocycles. The number of aromatic amines is 1. The Hall–Kier alpha value is -3.48. The maximum absolute atomic E-state index is 13.3. The van der Waals surface area contributed by atoms with Gasteiger partial charge in [-0.25, -0.2) is 4.79 Å². The van der Waals surface area contributed by atoms with Crippen LogP contribution in [0.4, 0.5) is 4.79 Å². The van der Waals surface area contributed by atoms with Crippen molar-refractivity contribution in [2.24, 2.45) is 0 Å². The Morgan fingerprint density at radius 2 is 1.89 bits per heavy atom. The van der Waals surface area contributed by atoms with Crippen LogP contribution in [-0.2, 0) is 11.2 Å². The molecule has 6 nitrogen and oxygen atoms in total. The zero-order valence-electron chi connectivity index (χ0n) is 20.1. The van der Waals surface area contributed by atoms with E-state index in [4.69, 9.17) is 27.9 Å². The van der Waals surface area contributed by atoms with Gasteiger partial charge in [0, 0.05) is 45.3 Å². The van der Waals surface area contributed by atoms with Crippen LogP contribution in [0.25, 0.3) is 10.9 Å². The van der Waals surface area contributed by atoms with Gasteiger partial charge in [-0.15, -0.1) is 0 Å². The molecule has 1 aliphatic heterocycles. The summed E-state index contributed by atoms with van der Waals surface area (Å²) in [5.74, 6) is 0.316. The highest BCUT2D eigenvalue weighted by atomic mass is 35.5. The average molecular weight is 524 g/mol. The van der Waals surface area contributed by atoms with Crippen LogP contribution in [-0.4, -0.2) is 28.4 Å². The zero-order valence-corrected chi connectivity index (χ0v) is 21.6. The van der Waals surface area contributed by atoms with Crippen LogP contribution in [0.2, 0.25) is 10.0 Å². The fraction of sp³-hybridized carbons (Fsp3) is 0.214. The summed E-state index contributed by atoms with van der Waals surface area (Å²) in [4.78, 5) is 30.3. The van der Waals surface area contributed by atoms with Crippen LogP contribution >= 0.6 is 23.2 Å². The van der Waals surface area contributed by atoms with Gasteiger partial charge < -0.3 is 15.0 Å². The molecular formula is C28H27Cl2N3O3. The SMILES string of the molecule is C=C(/C=C\C(=C/C)NC(=O)CC)C1c2[nH]c3ccc(Cl)cc3c2CCN1C(=O)Oc1ccc(Cl)cc1. The number of rotatable bonds is 6. The monoisotopic (exact) mass is 523 g/mol. The van der Waals surface area contributed by atoms with Gasteiger partial charge in [-0.2, -0.15) is 0 Å². The van der Waals surface area contributed by atoms with Crippen molar-refractivity contribution in [1.82, 2.24) is 15.2 Å². The predicted octanol–water partition coefficient (Wildman–Crippen LogP) is 7.12. The number of allylic oxidation sites excluding steroid dienone is 2. The first kappa shape index (κ1) is 25.6. The number of hydrogen-bond acceptors (Lipinski definition) is 3.